The summed E-state index contributed by atoms with van der Waals surface area (Å²) in [5.41, 5.74) is 3.69. The van der Waals surface area contributed by atoms with E-state index in [1.165, 1.54) is 0 Å². The predicted octanol–water partition coefficient (Wildman–Crippen LogP) is 7.01. The highest BCUT2D eigenvalue weighted by molar-refractivity contribution is 5.95. The topological polar surface area (TPSA) is 91.8 Å². The maximum Gasteiger partial charge on any atom is 0.391 e. The van der Waals surface area contributed by atoms with E-state index >= 15 is 0 Å². The van der Waals surface area contributed by atoms with Gasteiger partial charge in [0.05, 0.1) is 17.2 Å². The van der Waals surface area contributed by atoms with Crippen molar-refractivity contribution in [2.75, 3.05) is 18.0 Å². The van der Waals surface area contributed by atoms with E-state index in [1.807, 2.05) is 35.2 Å². The molecule has 2 N–H and O–H groups in total. The Hall–Kier alpha value is -3.92. The van der Waals surface area contributed by atoms with Crippen molar-refractivity contribution in [2.45, 2.75) is 71.9 Å². The van der Waals surface area contributed by atoms with Crippen molar-refractivity contribution in [1.29, 1.82) is 0 Å². The van der Waals surface area contributed by atoms with Crippen molar-refractivity contribution in [3.8, 4) is 11.1 Å². The van der Waals surface area contributed by atoms with Gasteiger partial charge in [0.2, 0.25) is 0 Å². The number of carboxylic acid groups (broad SMARTS) is 1. The van der Waals surface area contributed by atoms with Gasteiger partial charge in [-0.05, 0) is 70.7 Å². The zero-order valence-electron chi connectivity index (χ0n) is 25.1. The molecule has 43 heavy (non-hydrogen) atoms. The SMILES string of the molecule is Cc1nc(C)c([C@H](OC(C)(C)C)C(=O)O)c(N2CCC(C(F)(F)F)CC2)c1-c1ccc(C(=O)NCc2ccccc2)cc1. The number of pyridine rings is 1. The molecule has 0 bridgehead atoms. The zero-order chi connectivity index (χ0) is 31.5. The summed E-state index contributed by atoms with van der Waals surface area (Å²) in [7, 11) is 0. The number of nitrogens with zero attached hydrogens (tertiary/aromatic N) is 2. The molecule has 1 saturated heterocycles. The second-order valence-electron chi connectivity index (χ2n) is 11.9. The number of carboxylic acids is 1. The number of carbonyl (C=O) groups excluding carboxylic acids is 1. The molecule has 0 radical (unpaired) electrons. The van der Waals surface area contributed by atoms with Crippen LogP contribution in [0.5, 0.6) is 0 Å². The summed E-state index contributed by atoms with van der Waals surface area (Å²) in [6.45, 7) is 9.28. The number of amides is 1. The number of ether oxygens (including phenoxy) is 1. The Bertz CT molecular complexity index is 1440. The first-order chi connectivity index (χ1) is 20.2. The number of nitrogens with one attached hydrogen (secondary N) is 1. The van der Waals surface area contributed by atoms with E-state index in [0.29, 0.717) is 45.9 Å². The van der Waals surface area contributed by atoms with Crippen LogP contribution in [0.15, 0.2) is 54.6 Å². The summed E-state index contributed by atoms with van der Waals surface area (Å²) in [6, 6.07) is 16.4. The standard InChI is InChI=1S/C33H38F3N3O4/c1-20-26(23-11-13-24(14-12-23)30(40)37-19-22-9-7-6-8-10-22)28(39-17-15-25(16-18-39)33(34,35)36)27(21(2)38-20)29(31(41)42)43-32(3,4)5/h6-14,25,29H,15-19H2,1-5H3,(H,37,40)(H,41,42)/t29-/m0/s1. The fourth-order valence-corrected chi connectivity index (χ4v) is 5.52. The van der Waals surface area contributed by atoms with Crippen LogP contribution in [0.2, 0.25) is 0 Å². The second-order valence-corrected chi connectivity index (χ2v) is 11.9. The van der Waals surface area contributed by atoms with Gasteiger partial charge in [0.1, 0.15) is 0 Å². The summed E-state index contributed by atoms with van der Waals surface area (Å²) in [6.07, 6.45) is -5.91. The van der Waals surface area contributed by atoms with Gasteiger partial charge in [-0.15, -0.1) is 0 Å². The smallest absolute Gasteiger partial charge is 0.391 e. The molecule has 1 fully saturated rings. The predicted molar refractivity (Wildman–Crippen MR) is 159 cm³/mol. The van der Waals surface area contributed by atoms with E-state index in [1.54, 1.807) is 58.9 Å². The van der Waals surface area contributed by atoms with Gasteiger partial charge in [0, 0.05) is 47.7 Å². The molecule has 1 atom stereocenters. The zero-order valence-corrected chi connectivity index (χ0v) is 25.1. The molecule has 0 unspecified atom stereocenters. The number of piperidine rings is 1. The fraction of sp³-hybridized carbons (Fsp3) is 0.424. The number of carbonyl (C=O) groups is 2. The van der Waals surface area contributed by atoms with Crippen LogP contribution in [0.3, 0.4) is 0 Å². The normalized spacial score (nSPS) is 15.3. The molecule has 1 aromatic heterocycles. The number of anilines is 1. The Morgan fingerprint density at radius 2 is 1.60 bits per heavy atom. The maximum absolute atomic E-state index is 13.5. The molecule has 0 spiro atoms. The fourth-order valence-electron chi connectivity index (χ4n) is 5.52. The molecule has 0 aliphatic carbocycles. The third-order valence-corrected chi connectivity index (χ3v) is 7.54. The van der Waals surface area contributed by atoms with Crippen molar-refractivity contribution in [1.82, 2.24) is 10.3 Å². The Labute approximate surface area is 250 Å². The molecule has 1 amide bonds. The van der Waals surface area contributed by atoms with Crippen molar-refractivity contribution in [3.63, 3.8) is 0 Å². The minimum atomic E-state index is -4.29. The van der Waals surface area contributed by atoms with Gasteiger partial charge in [0.15, 0.2) is 6.10 Å². The highest BCUT2D eigenvalue weighted by Gasteiger charge is 2.42. The quantitative estimate of drug-likeness (QED) is 0.290. The monoisotopic (exact) mass is 597 g/mol. The summed E-state index contributed by atoms with van der Waals surface area (Å²) >= 11 is 0. The second kappa shape index (κ2) is 12.8. The summed E-state index contributed by atoms with van der Waals surface area (Å²) in [4.78, 5) is 32.0. The van der Waals surface area contributed by atoms with Crippen LogP contribution in [-0.4, -0.2) is 46.8 Å². The first-order valence-corrected chi connectivity index (χ1v) is 14.3. The van der Waals surface area contributed by atoms with Crippen LogP contribution in [0, 0.1) is 19.8 Å². The molecule has 230 valence electrons. The molecule has 1 aliphatic heterocycles. The lowest BCUT2D eigenvalue weighted by atomic mass is 9.90. The minimum Gasteiger partial charge on any atom is -0.479 e. The van der Waals surface area contributed by atoms with Crippen molar-refractivity contribution >= 4 is 17.6 Å². The molecule has 1 aliphatic rings. The lowest BCUT2D eigenvalue weighted by Gasteiger charge is -2.38. The molecule has 3 aromatic rings. The number of rotatable bonds is 8. The van der Waals surface area contributed by atoms with E-state index in [0.717, 1.165) is 5.56 Å². The highest BCUT2D eigenvalue weighted by atomic mass is 19.4. The van der Waals surface area contributed by atoms with Crippen LogP contribution < -0.4 is 10.2 Å². The minimum absolute atomic E-state index is 0.0922. The van der Waals surface area contributed by atoms with Gasteiger partial charge >= 0.3 is 12.1 Å². The Balaban J connectivity index is 1.77. The lowest BCUT2D eigenvalue weighted by molar-refractivity contribution is -0.179. The average molecular weight is 598 g/mol. The van der Waals surface area contributed by atoms with Crippen LogP contribution >= 0.6 is 0 Å². The number of hydrogen-bond donors (Lipinski definition) is 2. The van der Waals surface area contributed by atoms with E-state index in [4.69, 9.17) is 4.74 Å². The highest BCUT2D eigenvalue weighted by Crippen LogP contribution is 2.45. The molecule has 2 heterocycles. The van der Waals surface area contributed by atoms with Gasteiger partial charge in [-0.2, -0.15) is 13.2 Å². The molecule has 7 nitrogen and oxygen atoms in total. The summed E-state index contributed by atoms with van der Waals surface area (Å²) < 4.78 is 46.6. The number of hydrogen-bond acceptors (Lipinski definition) is 5. The summed E-state index contributed by atoms with van der Waals surface area (Å²) in [5, 5.41) is 13.2. The van der Waals surface area contributed by atoms with E-state index < -0.39 is 29.8 Å². The Kier molecular flexibility index (Phi) is 9.49. The number of aryl methyl sites for hydroxylation is 2. The number of alkyl halides is 3. The van der Waals surface area contributed by atoms with Crippen molar-refractivity contribution in [2.24, 2.45) is 5.92 Å². The van der Waals surface area contributed by atoms with Gasteiger partial charge in [-0.1, -0.05) is 42.5 Å². The van der Waals surface area contributed by atoms with E-state index in [-0.39, 0.29) is 31.8 Å². The summed E-state index contributed by atoms with van der Waals surface area (Å²) in [5.74, 6) is -2.89. The van der Waals surface area contributed by atoms with Crippen LogP contribution in [0.25, 0.3) is 11.1 Å². The average Bonchev–Trinajstić information content (AvgIpc) is 2.94. The lowest BCUT2D eigenvalue weighted by Crippen LogP contribution is -2.40. The number of halogens is 3. The number of benzene rings is 2. The molecule has 0 saturated carbocycles. The van der Waals surface area contributed by atoms with Gasteiger partial charge in [-0.3, -0.25) is 9.78 Å². The number of aliphatic carboxylic acids is 1. The third-order valence-electron chi connectivity index (χ3n) is 7.54. The van der Waals surface area contributed by atoms with Gasteiger partial charge in [0.25, 0.3) is 5.91 Å². The maximum atomic E-state index is 13.5. The largest absolute Gasteiger partial charge is 0.479 e. The van der Waals surface area contributed by atoms with Crippen LogP contribution in [0.1, 0.15) is 72.6 Å². The van der Waals surface area contributed by atoms with Gasteiger partial charge < -0.3 is 20.1 Å². The molecule has 10 heteroatoms. The molecule has 2 aromatic carbocycles. The molecular formula is C33H38F3N3O4. The van der Waals surface area contributed by atoms with Crippen molar-refractivity contribution < 1.29 is 32.6 Å². The first-order valence-electron chi connectivity index (χ1n) is 14.3. The Morgan fingerprint density at radius 3 is 2.14 bits per heavy atom. The van der Waals surface area contributed by atoms with E-state index in [9.17, 15) is 27.9 Å². The van der Waals surface area contributed by atoms with E-state index in [2.05, 4.69) is 10.3 Å². The van der Waals surface area contributed by atoms with Gasteiger partial charge in [-0.25, -0.2) is 4.79 Å². The molecular weight excluding hydrogens is 559 g/mol. The van der Waals surface area contributed by atoms with Crippen molar-refractivity contribution in [3.05, 3.63) is 82.7 Å². The third kappa shape index (κ3) is 7.73. The molecule has 4 rings (SSSR count). The number of aromatic nitrogens is 1. The first kappa shape index (κ1) is 32.0. The van der Waals surface area contributed by atoms with Crippen LogP contribution in [0.4, 0.5) is 18.9 Å². The Morgan fingerprint density at radius 1 is 1.00 bits per heavy atom. The van der Waals surface area contributed by atoms with Crippen LogP contribution in [-0.2, 0) is 16.1 Å².